The molecular weight excluding hydrogens is 235 g/mol. The van der Waals surface area contributed by atoms with Crippen molar-refractivity contribution in [1.82, 2.24) is 4.90 Å². The fourth-order valence-corrected chi connectivity index (χ4v) is 1.90. The van der Waals surface area contributed by atoms with Gasteiger partial charge in [-0.3, -0.25) is 4.79 Å². The molecular formula is C13H15FN2O2. The number of carbonyl (C=O) groups excluding carboxylic acids is 2. The lowest BCUT2D eigenvalue weighted by molar-refractivity contribution is -0.117. The standard InChI is InChI=1S/C13H15FN2O2/c1-13(2,3)15-8-11(17)16(12(15)18)10-7-5-4-6-9(10)14/h4-7H,8H2,1-3H3. The van der Waals surface area contributed by atoms with Crippen LogP contribution in [0, 0.1) is 5.82 Å². The van der Waals surface area contributed by atoms with Crippen LogP contribution in [0.4, 0.5) is 14.9 Å². The lowest BCUT2D eigenvalue weighted by atomic mass is 10.1. The topological polar surface area (TPSA) is 40.6 Å². The summed E-state index contributed by atoms with van der Waals surface area (Å²) >= 11 is 0. The Morgan fingerprint density at radius 1 is 1.17 bits per heavy atom. The van der Waals surface area contributed by atoms with E-state index in [-0.39, 0.29) is 12.2 Å². The van der Waals surface area contributed by atoms with Crippen molar-refractivity contribution in [2.45, 2.75) is 26.3 Å². The van der Waals surface area contributed by atoms with Crippen LogP contribution >= 0.6 is 0 Å². The first-order valence-electron chi connectivity index (χ1n) is 5.71. The van der Waals surface area contributed by atoms with Gasteiger partial charge in [0.2, 0.25) is 0 Å². The van der Waals surface area contributed by atoms with Gasteiger partial charge in [-0.05, 0) is 32.9 Å². The molecule has 0 unspecified atom stereocenters. The molecule has 0 spiro atoms. The van der Waals surface area contributed by atoms with Crippen molar-refractivity contribution in [2.75, 3.05) is 11.4 Å². The van der Waals surface area contributed by atoms with Crippen LogP contribution in [0.3, 0.4) is 0 Å². The maximum Gasteiger partial charge on any atom is 0.332 e. The van der Waals surface area contributed by atoms with E-state index in [9.17, 15) is 14.0 Å². The summed E-state index contributed by atoms with van der Waals surface area (Å²) in [5.41, 5.74) is -0.452. The number of nitrogens with zero attached hydrogens (tertiary/aromatic N) is 2. The average molecular weight is 250 g/mol. The molecule has 1 saturated heterocycles. The van der Waals surface area contributed by atoms with Crippen molar-refractivity contribution in [3.63, 3.8) is 0 Å². The zero-order chi connectivity index (χ0) is 13.5. The van der Waals surface area contributed by atoms with E-state index in [0.29, 0.717) is 0 Å². The molecule has 1 fully saturated rings. The van der Waals surface area contributed by atoms with E-state index in [4.69, 9.17) is 0 Å². The van der Waals surface area contributed by atoms with Crippen LogP contribution in [-0.2, 0) is 4.79 Å². The van der Waals surface area contributed by atoms with Crippen molar-refractivity contribution in [1.29, 1.82) is 0 Å². The molecule has 0 radical (unpaired) electrons. The number of halogens is 1. The first-order valence-corrected chi connectivity index (χ1v) is 5.71. The van der Waals surface area contributed by atoms with E-state index in [1.54, 1.807) is 6.07 Å². The largest absolute Gasteiger partial charge is 0.332 e. The summed E-state index contributed by atoms with van der Waals surface area (Å²) in [6.45, 7) is 5.49. The summed E-state index contributed by atoms with van der Waals surface area (Å²) in [5.74, 6) is -0.977. The minimum absolute atomic E-state index is 0.0132. The first-order chi connectivity index (χ1) is 8.32. The van der Waals surface area contributed by atoms with Gasteiger partial charge in [-0.25, -0.2) is 14.1 Å². The third kappa shape index (κ3) is 1.96. The number of imide groups is 1. The van der Waals surface area contributed by atoms with Crippen LogP contribution in [0.5, 0.6) is 0 Å². The molecule has 0 aromatic heterocycles. The summed E-state index contributed by atoms with van der Waals surface area (Å²) in [6.07, 6.45) is 0. The van der Waals surface area contributed by atoms with Gasteiger partial charge < -0.3 is 4.90 Å². The predicted octanol–water partition coefficient (Wildman–Crippen LogP) is 2.39. The number of amides is 3. The van der Waals surface area contributed by atoms with Gasteiger partial charge in [0.25, 0.3) is 5.91 Å². The lowest BCUT2D eigenvalue weighted by Crippen LogP contribution is -2.44. The Morgan fingerprint density at radius 3 is 2.28 bits per heavy atom. The number of rotatable bonds is 1. The highest BCUT2D eigenvalue weighted by atomic mass is 19.1. The van der Waals surface area contributed by atoms with E-state index in [1.807, 2.05) is 20.8 Å². The summed E-state index contributed by atoms with van der Waals surface area (Å²) in [7, 11) is 0. The number of urea groups is 1. The molecule has 0 N–H and O–H groups in total. The summed E-state index contributed by atoms with van der Waals surface area (Å²) in [4.78, 5) is 26.4. The molecule has 0 aliphatic carbocycles. The molecule has 0 saturated carbocycles. The number of para-hydroxylation sites is 1. The Kier molecular flexibility index (Phi) is 2.84. The van der Waals surface area contributed by atoms with Crippen LogP contribution in [0.25, 0.3) is 0 Å². The van der Waals surface area contributed by atoms with E-state index < -0.39 is 23.3 Å². The molecule has 18 heavy (non-hydrogen) atoms. The maximum absolute atomic E-state index is 13.6. The molecule has 0 bridgehead atoms. The van der Waals surface area contributed by atoms with Crippen LogP contribution < -0.4 is 4.90 Å². The van der Waals surface area contributed by atoms with E-state index in [1.165, 1.54) is 23.1 Å². The Hall–Kier alpha value is -1.91. The van der Waals surface area contributed by atoms with Gasteiger partial charge in [-0.2, -0.15) is 0 Å². The summed E-state index contributed by atoms with van der Waals surface area (Å²) in [6, 6.07) is 5.30. The van der Waals surface area contributed by atoms with E-state index in [2.05, 4.69) is 0 Å². The molecule has 4 nitrogen and oxygen atoms in total. The van der Waals surface area contributed by atoms with Gasteiger partial charge in [-0.15, -0.1) is 0 Å². The third-order valence-corrected chi connectivity index (χ3v) is 2.87. The molecule has 0 atom stereocenters. The zero-order valence-electron chi connectivity index (χ0n) is 10.6. The van der Waals surface area contributed by atoms with Crippen LogP contribution in [0.1, 0.15) is 20.8 Å². The fourth-order valence-electron chi connectivity index (χ4n) is 1.90. The van der Waals surface area contributed by atoms with Gasteiger partial charge in [0.1, 0.15) is 12.4 Å². The lowest BCUT2D eigenvalue weighted by Gasteiger charge is -2.30. The normalized spacial score (nSPS) is 16.7. The monoisotopic (exact) mass is 250 g/mol. The number of benzene rings is 1. The van der Waals surface area contributed by atoms with Crippen molar-refractivity contribution in [2.24, 2.45) is 0 Å². The molecule has 1 heterocycles. The van der Waals surface area contributed by atoms with E-state index >= 15 is 0 Å². The number of carbonyl (C=O) groups is 2. The molecule has 5 heteroatoms. The highest BCUT2D eigenvalue weighted by Gasteiger charge is 2.42. The number of anilines is 1. The van der Waals surface area contributed by atoms with E-state index in [0.717, 1.165) is 4.90 Å². The van der Waals surface area contributed by atoms with Crippen LogP contribution in [0.2, 0.25) is 0 Å². The highest BCUT2D eigenvalue weighted by Crippen LogP contribution is 2.28. The second kappa shape index (κ2) is 4.08. The predicted molar refractivity (Wildman–Crippen MR) is 65.7 cm³/mol. The minimum Gasteiger partial charge on any atom is -0.310 e. The average Bonchev–Trinajstić information content (AvgIpc) is 2.55. The quantitative estimate of drug-likeness (QED) is 0.718. The Labute approximate surface area is 105 Å². The minimum atomic E-state index is -0.574. The molecule has 1 aliphatic rings. The van der Waals surface area contributed by atoms with Gasteiger partial charge in [-0.1, -0.05) is 12.1 Å². The van der Waals surface area contributed by atoms with Crippen molar-refractivity contribution >= 4 is 17.6 Å². The second-order valence-corrected chi connectivity index (χ2v) is 5.22. The fraction of sp³-hybridized carbons (Fsp3) is 0.385. The van der Waals surface area contributed by atoms with Crippen molar-refractivity contribution < 1.29 is 14.0 Å². The molecule has 96 valence electrons. The number of hydrogen-bond acceptors (Lipinski definition) is 2. The smallest absolute Gasteiger partial charge is 0.310 e. The SMILES string of the molecule is CC(C)(C)N1CC(=O)N(c2ccccc2F)C1=O. The van der Waals surface area contributed by atoms with Gasteiger partial charge in [0, 0.05) is 5.54 Å². The van der Waals surface area contributed by atoms with Crippen molar-refractivity contribution in [3.05, 3.63) is 30.1 Å². The van der Waals surface area contributed by atoms with Gasteiger partial charge in [0.05, 0.1) is 5.69 Å². The summed E-state index contributed by atoms with van der Waals surface area (Å²) < 4.78 is 13.6. The Bertz CT molecular complexity index is 508. The maximum atomic E-state index is 13.6. The van der Waals surface area contributed by atoms with Gasteiger partial charge in [0.15, 0.2) is 0 Å². The first kappa shape index (κ1) is 12.5. The molecule has 1 aromatic rings. The Balaban J connectivity index is 2.40. The molecule has 2 rings (SSSR count). The molecule has 1 aliphatic heterocycles. The number of hydrogen-bond donors (Lipinski definition) is 0. The third-order valence-electron chi connectivity index (χ3n) is 2.87. The van der Waals surface area contributed by atoms with Gasteiger partial charge >= 0.3 is 6.03 Å². The van der Waals surface area contributed by atoms with Crippen LogP contribution in [-0.4, -0.2) is 28.9 Å². The van der Waals surface area contributed by atoms with Crippen LogP contribution in [0.15, 0.2) is 24.3 Å². The molecule has 3 amide bonds. The summed E-state index contributed by atoms with van der Waals surface area (Å²) in [5, 5.41) is 0. The van der Waals surface area contributed by atoms with Crippen molar-refractivity contribution in [3.8, 4) is 0 Å². The zero-order valence-corrected chi connectivity index (χ0v) is 10.6. The Morgan fingerprint density at radius 2 is 1.78 bits per heavy atom. The molecule has 1 aromatic carbocycles. The second-order valence-electron chi connectivity index (χ2n) is 5.22. The highest BCUT2D eigenvalue weighted by molar-refractivity contribution is 6.20.